The summed E-state index contributed by atoms with van der Waals surface area (Å²) in [6.07, 6.45) is 3.95. The number of nitrogens with zero attached hydrogens (tertiary/aromatic N) is 2. The summed E-state index contributed by atoms with van der Waals surface area (Å²) < 4.78 is 4.94. The second-order valence-corrected chi connectivity index (χ2v) is 6.24. The first kappa shape index (κ1) is 19.3. The normalized spacial score (nSPS) is 12.2. The molecule has 1 heterocycles. The maximum Gasteiger partial charge on any atom is 0.330 e. The highest BCUT2D eigenvalue weighted by atomic mass is 16.5. The van der Waals surface area contributed by atoms with Crippen molar-refractivity contribution in [1.29, 1.82) is 0 Å². The molecule has 0 bridgehead atoms. The SMILES string of the molecule is CC=CC(=O)OCC(O)Cc1ccc(-c2ccccc2-c2c[nH]nn2)c(O)c1. The third-order valence-corrected chi connectivity index (χ3v) is 4.16. The molecule has 7 heteroatoms. The summed E-state index contributed by atoms with van der Waals surface area (Å²) >= 11 is 0. The Kier molecular flexibility index (Phi) is 6.18. The van der Waals surface area contributed by atoms with Crippen LogP contribution in [-0.4, -0.2) is 44.3 Å². The zero-order valence-corrected chi connectivity index (χ0v) is 15.4. The average molecular weight is 379 g/mol. The first-order valence-electron chi connectivity index (χ1n) is 8.84. The summed E-state index contributed by atoms with van der Waals surface area (Å²) in [5, 5.41) is 31.1. The van der Waals surface area contributed by atoms with Crippen LogP contribution in [0.4, 0.5) is 0 Å². The van der Waals surface area contributed by atoms with E-state index in [0.29, 0.717) is 11.3 Å². The zero-order valence-electron chi connectivity index (χ0n) is 15.4. The molecular weight excluding hydrogens is 358 g/mol. The number of aliphatic hydroxyl groups is 1. The predicted octanol–water partition coefficient (Wildman–Crippen LogP) is 2.87. The Balaban J connectivity index is 1.76. The number of hydrogen-bond donors (Lipinski definition) is 3. The van der Waals surface area contributed by atoms with Crippen LogP contribution in [0.25, 0.3) is 22.4 Å². The van der Waals surface area contributed by atoms with Gasteiger partial charge in [0.1, 0.15) is 18.1 Å². The lowest BCUT2D eigenvalue weighted by atomic mass is 9.95. The molecule has 3 aromatic rings. The van der Waals surface area contributed by atoms with Gasteiger partial charge in [-0.3, -0.25) is 5.10 Å². The van der Waals surface area contributed by atoms with Gasteiger partial charge in [-0.15, -0.1) is 5.10 Å². The van der Waals surface area contributed by atoms with E-state index in [2.05, 4.69) is 15.4 Å². The van der Waals surface area contributed by atoms with E-state index < -0.39 is 12.1 Å². The van der Waals surface area contributed by atoms with Gasteiger partial charge in [0, 0.05) is 23.6 Å². The molecule has 0 aliphatic rings. The predicted molar refractivity (Wildman–Crippen MR) is 104 cm³/mol. The number of H-pyrrole nitrogens is 1. The van der Waals surface area contributed by atoms with E-state index in [0.717, 1.165) is 16.7 Å². The molecule has 0 saturated carbocycles. The van der Waals surface area contributed by atoms with Gasteiger partial charge in [0.25, 0.3) is 0 Å². The molecule has 1 aromatic heterocycles. The van der Waals surface area contributed by atoms with Crippen molar-refractivity contribution in [3.05, 3.63) is 66.4 Å². The fourth-order valence-corrected chi connectivity index (χ4v) is 2.90. The smallest absolute Gasteiger partial charge is 0.330 e. The number of hydrogen-bond acceptors (Lipinski definition) is 6. The van der Waals surface area contributed by atoms with Crippen LogP contribution in [0.15, 0.2) is 60.8 Å². The summed E-state index contributed by atoms with van der Waals surface area (Å²) in [5.41, 5.74) is 3.72. The molecule has 2 aromatic carbocycles. The number of benzene rings is 2. The lowest BCUT2D eigenvalue weighted by molar-refractivity contribution is -0.140. The van der Waals surface area contributed by atoms with Crippen LogP contribution >= 0.6 is 0 Å². The first-order chi connectivity index (χ1) is 13.6. The Labute approximate surface area is 162 Å². The van der Waals surface area contributed by atoms with Crippen molar-refractivity contribution in [2.24, 2.45) is 0 Å². The van der Waals surface area contributed by atoms with Gasteiger partial charge in [-0.05, 0) is 24.1 Å². The highest BCUT2D eigenvalue weighted by molar-refractivity contribution is 5.84. The van der Waals surface area contributed by atoms with Crippen molar-refractivity contribution in [2.75, 3.05) is 6.61 Å². The van der Waals surface area contributed by atoms with Crippen LogP contribution in [0.2, 0.25) is 0 Å². The molecule has 0 aliphatic carbocycles. The number of aliphatic hydroxyl groups excluding tert-OH is 1. The van der Waals surface area contributed by atoms with Crippen molar-refractivity contribution in [2.45, 2.75) is 19.4 Å². The number of allylic oxidation sites excluding steroid dienone is 1. The third-order valence-electron chi connectivity index (χ3n) is 4.16. The minimum absolute atomic E-state index is 0.0894. The number of aromatic nitrogens is 3. The molecule has 0 radical (unpaired) electrons. The van der Waals surface area contributed by atoms with E-state index in [9.17, 15) is 15.0 Å². The highest BCUT2D eigenvalue weighted by Crippen LogP contribution is 2.36. The van der Waals surface area contributed by atoms with Crippen LogP contribution < -0.4 is 0 Å². The molecule has 0 amide bonds. The summed E-state index contributed by atoms with van der Waals surface area (Å²) in [4.78, 5) is 11.3. The lowest BCUT2D eigenvalue weighted by Gasteiger charge is -2.13. The average Bonchev–Trinajstić information content (AvgIpc) is 3.21. The maximum atomic E-state index is 11.3. The molecule has 28 heavy (non-hydrogen) atoms. The zero-order chi connectivity index (χ0) is 19.9. The standard InChI is InChI=1S/C21H21N3O4/c1-2-5-21(27)28-13-15(25)10-14-8-9-18(20(26)11-14)16-6-3-4-7-17(16)19-12-22-24-23-19/h2-9,11-12,15,25-26H,10,13H2,1H3,(H,22,23,24). The number of carbonyl (C=O) groups excluding carboxylic acids is 1. The quantitative estimate of drug-likeness (QED) is 0.430. The Morgan fingerprint density at radius 3 is 2.68 bits per heavy atom. The molecule has 0 saturated heterocycles. The second-order valence-electron chi connectivity index (χ2n) is 6.24. The van der Waals surface area contributed by atoms with Crippen LogP contribution in [0.3, 0.4) is 0 Å². The Morgan fingerprint density at radius 1 is 1.21 bits per heavy atom. The number of esters is 1. The van der Waals surface area contributed by atoms with Gasteiger partial charge in [-0.25, -0.2) is 4.79 Å². The molecule has 0 spiro atoms. The van der Waals surface area contributed by atoms with Crippen LogP contribution in [0, 0.1) is 0 Å². The van der Waals surface area contributed by atoms with Crippen molar-refractivity contribution in [3.8, 4) is 28.1 Å². The van der Waals surface area contributed by atoms with Gasteiger partial charge >= 0.3 is 5.97 Å². The van der Waals surface area contributed by atoms with Gasteiger partial charge in [0.2, 0.25) is 0 Å². The number of aromatic amines is 1. The number of ether oxygens (including phenoxy) is 1. The minimum Gasteiger partial charge on any atom is -0.507 e. The first-order valence-corrected chi connectivity index (χ1v) is 8.84. The number of rotatable bonds is 7. The Bertz CT molecular complexity index is 968. The van der Waals surface area contributed by atoms with Crippen molar-refractivity contribution in [1.82, 2.24) is 15.4 Å². The third kappa shape index (κ3) is 4.63. The molecule has 1 atom stereocenters. The van der Waals surface area contributed by atoms with Crippen LogP contribution in [0.1, 0.15) is 12.5 Å². The molecular formula is C21H21N3O4. The van der Waals surface area contributed by atoms with Gasteiger partial charge in [0.05, 0.1) is 12.3 Å². The molecule has 1 unspecified atom stereocenters. The topological polar surface area (TPSA) is 108 Å². The van der Waals surface area contributed by atoms with E-state index in [4.69, 9.17) is 4.74 Å². The maximum absolute atomic E-state index is 11.3. The van der Waals surface area contributed by atoms with Gasteiger partial charge in [-0.1, -0.05) is 47.7 Å². The van der Waals surface area contributed by atoms with Crippen molar-refractivity contribution in [3.63, 3.8) is 0 Å². The minimum atomic E-state index is -0.859. The lowest BCUT2D eigenvalue weighted by Crippen LogP contribution is -2.20. The van der Waals surface area contributed by atoms with Crippen LogP contribution in [-0.2, 0) is 16.0 Å². The van der Waals surface area contributed by atoms with Crippen molar-refractivity contribution < 1.29 is 19.7 Å². The van der Waals surface area contributed by atoms with E-state index in [1.165, 1.54) is 6.08 Å². The number of phenols is 1. The summed E-state index contributed by atoms with van der Waals surface area (Å²) in [6, 6.07) is 12.8. The Morgan fingerprint density at radius 2 is 2.00 bits per heavy atom. The van der Waals surface area contributed by atoms with Gasteiger partial charge < -0.3 is 14.9 Å². The van der Waals surface area contributed by atoms with Gasteiger partial charge in [-0.2, -0.15) is 0 Å². The highest BCUT2D eigenvalue weighted by Gasteiger charge is 2.14. The molecule has 7 nitrogen and oxygen atoms in total. The fraction of sp³-hybridized carbons (Fsp3) is 0.190. The summed E-state index contributed by atoms with van der Waals surface area (Å²) in [6.45, 7) is 1.60. The number of aromatic hydroxyl groups is 1. The molecule has 144 valence electrons. The monoisotopic (exact) mass is 379 g/mol. The molecule has 0 fully saturated rings. The van der Waals surface area contributed by atoms with E-state index in [1.54, 1.807) is 31.3 Å². The van der Waals surface area contributed by atoms with E-state index in [1.807, 2.05) is 30.3 Å². The summed E-state index contributed by atoms with van der Waals surface area (Å²) in [5.74, 6) is -0.407. The van der Waals surface area contributed by atoms with E-state index in [-0.39, 0.29) is 18.8 Å². The fourth-order valence-electron chi connectivity index (χ4n) is 2.90. The largest absolute Gasteiger partial charge is 0.507 e. The van der Waals surface area contributed by atoms with Crippen LogP contribution in [0.5, 0.6) is 5.75 Å². The number of phenolic OH excluding ortho intramolecular Hbond substituents is 1. The summed E-state index contributed by atoms with van der Waals surface area (Å²) in [7, 11) is 0. The Hall–Kier alpha value is -3.45. The van der Waals surface area contributed by atoms with E-state index >= 15 is 0 Å². The molecule has 3 N–H and O–H groups in total. The second kappa shape index (κ2) is 8.96. The molecule has 3 rings (SSSR count). The number of carbonyl (C=O) groups is 1. The van der Waals surface area contributed by atoms with Crippen molar-refractivity contribution >= 4 is 5.97 Å². The molecule has 0 aliphatic heterocycles. The van der Waals surface area contributed by atoms with Gasteiger partial charge in [0.15, 0.2) is 0 Å². The number of nitrogens with one attached hydrogen (secondary N) is 1.